The molecule has 0 saturated carbocycles. The lowest BCUT2D eigenvalue weighted by Gasteiger charge is -2.21. The second-order valence-electron chi connectivity index (χ2n) is 5.67. The van der Waals surface area contributed by atoms with Crippen LogP contribution in [-0.2, 0) is 0 Å². The van der Waals surface area contributed by atoms with Gasteiger partial charge < -0.3 is 16.0 Å². The van der Waals surface area contributed by atoms with E-state index in [1.807, 2.05) is 6.07 Å². The normalized spacial score (nSPS) is 14.0. The van der Waals surface area contributed by atoms with Gasteiger partial charge in [-0.1, -0.05) is 34.8 Å². The van der Waals surface area contributed by atoms with Crippen molar-refractivity contribution in [2.75, 3.05) is 29.0 Å². The Labute approximate surface area is 155 Å². The van der Waals surface area contributed by atoms with E-state index in [0.29, 0.717) is 22.0 Å². The molecule has 126 valence electrons. The largest absolute Gasteiger partial charge is 0.399 e. The summed E-state index contributed by atoms with van der Waals surface area (Å²) < 4.78 is 0. The van der Waals surface area contributed by atoms with E-state index in [4.69, 9.17) is 40.5 Å². The summed E-state index contributed by atoms with van der Waals surface area (Å²) in [5, 5.41) is 3.75. The number of benzene rings is 2. The predicted molar refractivity (Wildman–Crippen MR) is 102 cm³/mol. The molecule has 0 bridgehead atoms. The Kier molecular flexibility index (Phi) is 5.09. The topological polar surface area (TPSA) is 58.4 Å². The Morgan fingerprint density at radius 3 is 2.29 bits per heavy atom. The van der Waals surface area contributed by atoms with Crippen LogP contribution in [0.2, 0.25) is 15.1 Å². The summed E-state index contributed by atoms with van der Waals surface area (Å²) in [6.45, 7) is 1.85. The molecule has 1 aliphatic heterocycles. The molecule has 0 unspecified atom stereocenters. The maximum Gasteiger partial charge on any atom is 0.257 e. The third-order valence-electron chi connectivity index (χ3n) is 3.96. The Morgan fingerprint density at radius 2 is 1.67 bits per heavy atom. The number of carbonyl (C=O) groups excluding carboxylic acids is 1. The Morgan fingerprint density at radius 1 is 1.04 bits per heavy atom. The van der Waals surface area contributed by atoms with E-state index in [1.54, 1.807) is 12.1 Å². The molecule has 1 amide bonds. The second kappa shape index (κ2) is 7.09. The van der Waals surface area contributed by atoms with Crippen LogP contribution in [0.25, 0.3) is 0 Å². The molecular formula is C17H16Cl3N3O. The fourth-order valence-corrected chi connectivity index (χ4v) is 3.72. The number of rotatable bonds is 3. The van der Waals surface area contributed by atoms with Crippen LogP contribution in [-0.4, -0.2) is 19.0 Å². The summed E-state index contributed by atoms with van der Waals surface area (Å²) in [4.78, 5) is 15.0. The lowest BCUT2D eigenvalue weighted by Crippen LogP contribution is -2.23. The van der Waals surface area contributed by atoms with E-state index >= 15 is 0 Å². The fraction of sp³-hybridized carbons (Fsp3) is 0.235. The van der Waals surface area contributed by atoms with Gasteiger partial charge in [-0.3, -0.25) is 4.79 Å². The molecule has 1 aliphatic rings. The molecule has 3 N–H and O–H groups in total. The number of hydrogen-bond donors (Lipinski definition) is 2. The van der Waals surface area contributed by atoms with Crippen molar-refractivity contribution in [3.05, 3.63) is 51.0 Å². The van der Waals surface area contributed by atoms with Crippen molar-refractivity contribution < 1.29 is 4.79 Å². The van der Waals surface area contributed by atoms with Crippen molar-refractivity contribution in [2.45, 2.75) is 12.8 Å². The molecule has 2 aromatic rings. The summed E-state index contributed by atoms with van der Waals surface area (Å²) in [7, 11) is 0. The van der Waals surface area contributed by atoms with Gasteiger partial charge >= 0.3 is 0 Å². The van der Waals surface area contributed by atoms with Gasteiger partial charge in [-0.2, -0.15) is 0 Å². The number of amides is 1. The van der Waals surface area contributed by atoms with E-state index in [0.717, 1.165) is 31.6 Å². The minimum Gasteiger partial charge on any atom is -0.399 e. The van der Waals surface area contributed by atoms with E-state index in [1.165, 1.54) is 12.1 Å². The van der Waals surface area contributed by atoms with E-state index in [2.05, 4.69) is 10.2 Å². The molecule has 4 nitrogen and oxygen atoms in total. The molecule has 7 heteroatoms. The van der Waals surface area contributed by atoms with E-state index in [9.17, 15) is 4.79 Å². The SMILES string of the molecule is Nc1ccc(N2CCCC2)c(C(=O)Nc2c(Cl)cc(Cl)cc2Cl)c1. The maximum absolute atomic E-state index is 12.8. The quantitative estimate of drug-likeness (QED) is 0.725. The van der Waals surface area contributed by atoms with Crippen molar-refractivity contribution in [2.24, 2.45) is 0 Å². The lowest BCUT2D eigenvalue weighted by molar-refractivity contribution is 0.102. The number of anilines is 3. The summed E-state index contributed by atoms with van der Waals surface area (Å²) in [6, 6.07) is 8.41. The van der Waals surface area contributed by atoms with Gasteiger partial charge in [0.25, 0.3) is 5.91 Å². The highest BCUT2D eigenvalue weighted by atomic mass is 35.5. The molecule has 0 aromatic heterocycles. The van der Waals surface area contributed by atoms with Gasteiger partial charge in [-0.05, 0) is 43.2 Å². The number of nitrogens with zero attached hydrogens (tertiary/aromatic N) is 1. The number of nitrogens with one attached hydrogen (secondary N) is 1. The zero-order valence-electron chi connectivity index (χ0n) is 12.8. The van der Waals surface area contributed by atoms with E-state index in [-0.39, 0.29) is 16.0 Å². The Balaban J connectivity index is 1.94. The number of hydrogen-bond acceptors (Lipinski definition) is 3. The zero-order valence-corrected chi connectivity index (χ0v) is 15.0. The minimum atomic E-state index is -0.310. The number of nitrogens with two attached hydrogens (primary N) is 1. The number of halogens is 3. The van der Waals surface area contributed by atoms with Crippen molar-refractivity contribution in [1.82, 2.24) is 0 Å². The molecule has 0 radical (unpaired) electrons. The first-order chi connectivity index (χ1) is 11.5. The number of nitrogen functional groups attached to an aromatic ring is 1. The monoisotopic (exact) mass is 383 g/mol. The van der Waals surface area contributed by atoms with E-state index < -0.39 is 0 Å². The summed E-state index contributed by atoms with van der Waals surface area (Å²) >= 11 is 18.2. The molecular weight excluding hydrogens is 369 g/mol. The molecule has 0 atom stereocenters. The second-order valence-corrected chi connectivity index (χ2v) is 6.92. The summed E-state index contributed by atoms with van der Waals surface area (Å²) in [6.07, 6.45) is 2.22. The highest BCUT2D eigenvalue weighted by Gasteiger charge is 2.21. The standard InChI is InChI=1S/C17H16Cl3N3O/c18-10-7-13(19)16(14(20)8-10)22-17(24)12-9-11(21)3-4-15(12)23-5-1-2-6-23/h3-4,7-9H,1-2,5-6,21H2,(H,22,24). The van der Waals surface area contributed by atoms with Crippen molar-refractivity contribution >= 4 is 57.8 Å². The highest BCUT2D eigenvalue weighted by molar-refractivity contribution is 6.42. The average Bonchev–Trinajstić information content (AvgIpc) is 3.04. The van der Waals surface area contributed by atoms with Crippen molar-refractivity contribution in [3.8, 4) is 0 Å². The van der Waals surface area contributed by atoms with Crippen LogP contribution in [0.5, 0.6) is 0 Å². The summed E-state index contributed by atoms with van der Waals surface area (Å²) in [5.74, 6) is -0.310. The van der Waals surface area contributed by atoms with Crippen LogP contribution < -0.4 is 16.0 Å². The maximum atomic E-state index is 12.8. The van der Waals surface area contributed by atoms with Crippen LogP contribution in [0, 0.1) is 0 Å². The highest BCUT2D eigenvalue weighted by Crippen LogP contribution is 2.35. The molecule has 0 aliphatic carbocycles. The first kappa shape index (κ1) is 17.2. The zero-order chi connectivity index (χ0) is 17.3. The average molecular weight is 385 g/mol. The third-order valence-corrected chi connectivity index (χ3v) is 4.77. The first-order valence-corrected chi connectivity index (χ1v) is 8.69. The van der Waals surface area contributed by atoms with Gasteiger partial charge in [-0.25, -0.2) is 0 Å². The smallest absolute Gasteiger partial charge is 0.257 e. The van der Waals surface area contributed by atoms with Gasteiger partial charge in [0.1, 0.15) is 0 Å². The molecule has 2 aromatic carbocycles. The van der Waals surface area contributed by atoms with Gasteiger partial charge in [0, 0.05) is 29.5 Å². The number of carbonyl (C=O) groups is 1. The molecule has 1 fully saturated rings. The van der Waals surface area contributed by atoms with Gasteiger partial charge in [0.2, 0.25) is 0 Å². The van der Waals surface area contributed by atoms with Gasteiger partial charge in [-0.15, -0.1) is 0 Å². The van der Waals surface area contributed by atoms with Crippen molar-refractivity contribution in [3.63, 3.8) is 0 Å². The lowest BCUT2D eigenvalue weighted by atomic mass is 10.1. The molecule has 1 saturated heterocycles. The van der Waals surface area contributed by atoms with Crippen LogP contribution >= 0.6 is 34.8 Å². The fourth-order valence-electron chi connectivity index (χ4n) is 2.81. The minimum absolute atomic E-state index is 0.285. The molecule has 0 spiro atoms. The Hall–Kier alpha value is -1.62. The predicted octanol–water partition coefficient (Wildman–Crippen LogP) is 5.08. The molecule has 24 heavy (non-hydrogen) atoms. The van der Waals surface area contributed by atoms with Crippen molar-refractivity contribution in [1.29, 1.82) is 0 Å². The van der Waals surface area contributed by atoms with Crippen LogP contribution in [0.3, 0.4) is 0 Å². The van der Waals surface area contributed by atoms with Gasteiger partial charge in [0.05, 0.1) is 21.3 Å². The molecule has 1 heterocycles. The van der Waals surface area contributed by atoms with Crippen LogP contribution in [0.15, 0.2) is 30.3 Å². The molecule has 3 rings (SSSR count). The Bertz CT molecular complexity index is 766. The summed E-state index contributed by atoms with van der Waals surface area (Å²) in [5.41, 5.74) is 8.09. The van der Waals surface area contributed by atoms with Gasteiger partial charge in [0.15, 0.2) is 0 Å². The van der Waals surface area contributed by atoms with Crippen LogP contribution in [0.4, 0.5) is 17.1 Å². The van der Waals surface area contributed by atoms with Crippen LogP contribution in [0.1, 0.15) is 23.2 Å². The first-order valence-electron chi connectivity index (χ1n) is 7.56. The third kappa shape index (κ3) is 3.56.